The van der Waals surface area contributed by atoms with E-state index < -0.39 is 0 Å². The summed E-state index contributed by atoms with van der Waals surface area (Å²) in [6.07, 6.45) is 2.94. The molecule has 114 valence electrons. The molecule has 1 aromatic rings. The molecule has 0 saturated carbocycles. The highest BCUT2D eigenvalue weighted by Gasteiger charge is 2.08. The van der Waals surface area contributed by atoms with Gasteiger partial charge in [0, 0.05) is 13.1 Å². The summed E-state index contributed by atoms with van der Waals surface area (Å²) in [5.41, 5.74) is 0.564. The van der Waals surface area contributed by atoms with Gasteiger partial charge in [-0.15, -0.1) is 0 Å². The van der Waals surface area contributed by atoms with Gasteiger partial charge in [-0.25, -0.2) is 4.68 Å². The zero-order valence-electron chi connectivity index (χ0n) is 12.3. The lowest BCUT2D eigenvalue weighted by Crippen LogP contribution is -2.29. The van der Waals surface area contributed by atoms with Crippen molar-refractivity contribution < 1.29 is 5.11 Å². The van der Waals surface area contributed by atoms with Crippen LogP contribution in [0.15, 0.2) is 15.5 Å². The number of hydrogen-bond donors (Lipinski definition) is 2. The second-order valence-electron chi connectivity index (χ2n) is 5.12. The Morgan fingerprint density at radius 1 is 1.55 bits per heavy atom. The van der Waals surface area contributed by atoms with Crippen LogP contribution in [0, 0.1) is 0 Å². The van der Waals surface area contributed by atoms with E-state index in [0.29, 0.717) is 23.2 Å². The van der Waals surface area contributed by atoms with Crippen molar-refractivity contribution in [3.05, 3.63) is 21.0 Å². The Bertz CT molecular complexity index is 474. The van der Waals surface area contributed by atoms with E-state index in [-0.39, 0.29) is 11.7 Å². The molecule has 6 nitrogen and oxygen atoms in total. The lowest BCUT2D eigenvalue weighted by atomic mass is 10.2. The third-order valence-corrected chi connectivity index (χ3v) is 3.62. The third-order valence-electron chi connectivity index (χ3n) is 2.86. The Labute approximate surface area is 127 Å². The molecule has 1 aromatic heterocycles. The summed E-state index contributed by atoms with van der Waals surface area (Å²) in [5, 5.41) is 16.5. The highest BCUT2D eigenvalue weighted by atomic mass is 79.9. The number of likely N-dealkylation sites (N-methyl/N-ethyl adjacent to an activating group) is 1. The quantitative estimate of drug-likeness (QED) is 0.690. The smallest absolute Gasteiger partial charge is 0.283 e. The van der Waals surface area contributed by atoms with E-state index in [0.717, 1.165) is 19.4 Å². The fourth-order valence-corrected chi connectivity index (χ4v) is 2.11. The Kier molecular flexibility index (Phi) is 7.18. The van der Waals surface area contributed by atoms with Gasteiger partial charge in [0.1, 0.15) is 4.47 Å². The number of halogens is 1. The largest absolute Gasteiger partial charge is 0.393 e. The van der Waals surface area contributed by atoms with Crippen LogP contribution in [-0.2, 0) is 6.54 Å². The molecule has 1 atom stereocenters. The minimum absolute atomic E-state index is 0.132. The monoisotopic (exact) mass is 346 g/mol. The molecular weight excluding hydrogens is 324 g/mol. The number of hydrogen-bond acceptors (Lipinski definition) is 5. The molecule has 7 heteroatoms. The zero-order chi connectivity index (χ0) is 15.1. The zero-order valence-corrected chi connectivity index (χ0v) is 13.9. The van der Waals surface area contributed by atoms with Crippen molar-refractivity contribution in [1.82, 2.24) is 14.7 Å². The van der Waals surface area contributed by atoms with Crippen molar-refractivity contribution in [1.29, 1.82) is 0 Å². The van der Waals surface area contributed by atoms with Crippen LogP contribution in [0.2, 0.25) is 0 Å². The van der Waals surface area contributed by atoms with Crippen LogP contribution < -0.4 is 10.9 Å². The lowest BCUT2D eigenvalue weighted by Gasteiger charge is -2.13. The summed E-state index contributed by atoms with van der Waals surface area (Å²) in [6.45, 7) is 3.79. The lowest BCUT2D eigenvalue weighted by molar-refractivity contribution is 0.183. The van der Waals surface area contributed by atoms with E-state index in [9.17, 15) is 9.90 Å². The minimum Gasteiger partial charge on any atom is -0.393 e. The molecule has 1 heterocycles. The summed E-state index contributed by atoms with van der Waals surface area (Å²) in [7, 11) is 3.91. The van der Waals surface area contributed by atoms with E-state index in [1.54, 1.807) is 13.1 Å². The molecule has 0 fully saturated rings. The second kappa shape index (κ2) is 8.39. The van der Waals surface area contributed by atoms with Gasteiger partial charge in [0.2, 0.25) is 0 Å². The molecule has 0 aliphatic heterocycles. The standard InChI is InChI=1S/C13H23BrN4O2/c1-10(19)5-4-6-15-11-9-16-18(8-7-17(2)3)13(20)12(11)14/h9-10,15,19H,4-8H2,1-3H3. The van der Waals surface area contributed by atoms with E-state index in [1.165, 1.54) is 4.68 Å². The Balaban J connectivity index is 2.62. The molecule has 0 aliphatic rings. The number of aromatic nitrogens is 2. The van der Waals surface area contributed by atoms with Gasteiger partial charge in [-0.3, -0.25) is 4.79 Å². The predicted octanol–water partition coefficient (Wildman–Crippen LogP) is 1.14. The van der Waals surface area contributed by atoms with Crippen LogP contribution >= 0.6 is 15.9 Å². The average molecular weight is 347 g/mol. The van der Waals surface area contributed by atoms with Crippen molar-refractivity contribution in [3.63, 3.8) is 0 Å². The fraction of sp³-hybridized carbons (Fsp3) is 0.692. The average Bonchev–Trinajstić information content (AvgIpc) is 2.37. The number of nitrogens with one attached hydrogen (secondary N) is 1. The maximum absolute atomic E-state index is 12.1. The first-order valence-electron chi connectivity index (χ1n) is 6.74. The van der Waals surface area contributed by atoms with Gasteiger partial charge in [-0.1, -0.05) is 0 Å². The second-order valence-corrected chi connectivity index (χ2v) is 5.91. The Hall–Kier alpha value is -0.920. The first-order valence-corrected chi connectivity index (χ1v) is 7.53. The van der Waals surface area contributed by atoms with Gasteiger partial charge >= 0.3 is 0 Å². The van der Waals surface area contributed by atoms with Crippen LogP contribution in [0.3, 0.4) is 0 Å². The minimum atomic E-state index is -0.294. The molecule has 0 spiro atoms. The molecule has 0 bridgehead atoms. The maximum atomic E-state index is 12.1. The Morgan fingerprint density at radius 3 is 2.85 bits per heavy atom. The molecule has 20 heavy (non-hydrogen) atoms. The first kappa shape index (κ1) is 17.1. The van der Waals surface area contributed by atoms with Crippen molar-refractivity contribution in [2.45, 2.75) is 32.4 Å². The van der Waals surface area contributed by atoms with Crippen LogP contribution in [0.4, 0.5) is 5.69 Å². The van der Waals surface area contributed by atoms with Crippen LogP contribution in [0.5, 0.6) is 0 Å². The number of aliphatic hydroxyl groups is 1. The van der Waals surface area contributed by atoms with Crippen LogP contribution in [0.25, 0.3) is 0 Å². The summed E-state index contributed by atoms with van der Waals surface area (Å²) in [4.78, 5) is 14.1. The highest BCUT2D eigenvalue weighted by molar-refractivity contribution is 9.10. The number of anilines is 1. The molecule has 2 N–H and O–H groups in total. The van der Waals surface area contributed by atoms with E-state index in [2.05, 4.69) is 26.3 Å². The first-order chi connectivity index (χ1) is 9.41. The van der Waals surface area contributed by atoms with Crippen molar-refractivity contribution in [2.24, 2.45) is 0 Å². The topological polar surface area (TPSA) is 70.4 Å². The van der Waals surface area contributed by atoms with Gasteiger partial charge in [0.25, 0.3) is 5.56 Å². The molecule has 0 radical (unpaired) electrons. The molecule has 0 aromatic carbocycles. The molecule has 1 unspecified atom stereocenters. The van der Waals surface area contributed by atoms with E-state index >= 15 is 0 Å². The van der Waals surface area contributed by atoms with Gasteiger partial charge in [-0.2, -0.15) is 5.10 Å². The molecule has 0 amide bonds. The van der Waals surface area contributed by atoms with Crippen molar-refractivity contribution >= 4 is 21.6 Å². The molecule has 1 rings (SSSR count). The SMILES string of the molecule is CC(O)CCCNc1cnn(CCN(C)C)c(=O)c1Br. The van der Waals surface area contributed by atoms with Crippen molar-refractivity contribution in [2.75, 3.05) is 32.5 Å². The predicted molar refractivity (Wildman–Crippen MR) is 84.2 cm³/mol. The van der Waals surface area contributed by atoms with E-state index in [1.807, 2.05) is 19.0 Å². The molecular formula is C13H23BrN4O2. The maximum Gasteiger partial charge on any atom is 0.283 e. The molecule has 0 saturated heterocycles. The molecule has 0 aliphatic carbocycles. The normalized spacial score (nSPS) is 12.7. The van der Waals surface area contributed by atoms with Crippen LogP contribution in [-0.4, -0.2) is 53.1 Å². The number of nitrogens with zero attached hydrogens (tertiary/aromatic N) is 3. The van der Waals surface area contributed by atoms with Gasteiger partial charge in [-0.05, 0) is 49.8 Å². The Morgan fingerprint density at radius 2 is 2.25 bits per heavy atom. The summed E-state index contributed by atoms with van der Waals surface area (Å²) >= 11 is 3.32. The van der Waals surface area contributed by atoms with Gasteiger partial charge in [0.15, 0.2) is 0 Å². The number of rotatable bonds is 8. The third kappa shape index (κ3) is 5.60. The fourth-order valence-electron chi connectivity index (χ4n) is 1.66. The van der Waals surface area contributed by atoms with Crippen LogP contribution in [0.1, 0.15) is 19.8 Å². The van der Waals surface area contributed by atoms with E-state index in [4.69, 9.17) is 0 Å². The van der Waals surface area contributed by atoms with Gasteiger partial charge < -0.3 is 15.3 Å². The summed E-state index contributed by atoms with van der Waals surface area (Å²) in [5.74, 6) is 0. The summed E-state index contributed by atoms with van der Waals surface area (Å²) in [6, 6.07) is 0. The van der Waals surface area contributed by atoms with Crippen molar-refractivity contribution in [3.8, 4) is 0 Å². The van der Waals surface area contributed by atoms with Gasteiger partial charge in [0.05, 0.1) is 24.5 Å². The highest BCUT2D eigenvalue weighted by Crippen LogP contribution is 2.16. The number of aliphatic hydroxyl groups excluding tert-OH is 1. The summed E-state index contributed by atoms with van der Waals surface area (Å²) < 4.78 is 1.95.